The van der Waals surface area contributed by atoms with Crippen molar-refractivity contribution in [1.82, 2.24) is 20.4 Å². The second-order valence-electron chi connectivity index (χ2n) is 4.97. The fourth-order valence-electron chi connectivity index (χ4n) is 2.64. The van der Waals surface area contributed by atoms with Gasteiger partial charge in [0.15, 0.2) is 0 Å². The molecule has 0 bridgehead atoms. The monoisotopic (exact) mass is 274 g/mol. The minimum Gasteiger partial charge on any atom is -0.467 e. The lowest BCUT2D eigenvalue weighted by Gasteiger charge is -2.35. The third kappa shape index (κ3) is 2.68. The van der Waals surface area contributed by atoms with Gasteiger partial charge in [0.2, 0.25) is 0 Å². The van der Waals surface area contributed by atoms with Crippen molar-refractivity contribution in [2.24, 2.45) is 0 Å². The number of nitrogens with one attached hydrogen (secondary N) is 2. The highest BCUT2D eigenvalue weighted by atomic mass is 16.3. The van der Waals surface area contributed by atoms with Gasteiger partial charge in [-0.15, -0.1) is 0 Å². The molecule has 0 aromatic carbocycles. The van der Waals surface area contributed by atoms with Crippen LogP contribution in [-0.4, -0.2) is 27.7 Å². The Balaban J connectivity index is 1.65. The number of furan rings is 1. The third-order valence-electron chi connectivity index (χ3n) is 3.66. The van der Waals surface area contributed by atoms with Crippen LogP contribution < -0.4 is 5.32 Å². The summed E-state index contributed by atoms with van der Waals surface area (Å²) in [5.74, 6) is 0.759. The van der Waals surface area contributed by atoms with Gasteiger partial charge in [-0.3, -0.25) is 5.10 Å². The Hall–Kier alpha value is -2.24. The lowest BCUT2D eigenvalue weighted by atomic mass is 9.98. The zero-order valence-corrected chi connectivity index (χ0v) is 11.2. The molecule has 1 atom stereocenters. The smallest absolute Gasteiger partial charge is 0.318 e. The Kier molecular flexibility index (Phi) is 3.71. The first-order valence-electron chi connectivity index (χ1n) is 6.90. The number of H-pyrrole nitrogens is 1. The molecule has 106 valence electrons. The summed E-state index contributed by atoms with van der Waals surface area (Å²) in [6.07, 6.45) is 8.43. The minimum atomic E-state index is -0.0488. The maximum Gasteiger partial charge on any atom is 0.318 e. The van der Waals surface area contributed by atoms with Crippen molar-refractivity contribution in [1.29, 1.82) is 0 Å². The molecule has 0 spiro atoms. The van der Waals surface area contributed by atoms with Crippen LogP contribution in [0.25, 0.3) is 0 Å². The van der Waals surface area contributed by atoms with E-state index in [1.165, 1.54) is 0 Å². The number of nitrogens with zero attached hydrogens (tertiary/aromatic N) is 2. The van der Waals surface area contributed by atoms with Gasteiger partial charge >= 0.3 is 6.03 Å². The van der Waals surface area contributed by atoms with Gasteiger partial charge in [0.1, 0.15) is 5.76 Å². The summed E-state index contributed by atoms with van der Waals surface area (Å²) in [7, 11) is 0. The molecule has 1 aliphatic rings. The summed E-state index contributed by atoms with van der Waals surface area (Å²) in [5, 5.41) is 9.71. The largest absolute Gasteiger partial charge is 0.467 e. The quantitative estimate of drug-likeness (QED) is 0.902. The molecule has 2 amide bonds. The highest BCUT2D eigenvalue weighted by molar-refractivity contribution is 5.74. The van der Waals surface area contributed by atoms with Crippen molar-refractivity contribution < 1.29 is 9.21 Å². The van der Waals surface area contributed by atoms with Crippen molar-refractivity contribution in [2.75, 3.05) is 6.54 Å². The summed E-state index contributed by atoms with van der Waals surface area (Å²) >= 11 is 0. The van der Waals surface area contributed by atoms with Crippen LogP contribution in [0.1, 0.15) is 36.6 Å². The summed E-state index contributed by atoms with van der Waals surface area (Å²) in [6.45, 7) is 1.19. The summed E-state index contributed by atoms with van der Waals surface area (Å²) < 4.78 is 5.22. The molecule has 1 fully saturated rings. The minimum absolute atomic E-state index is 0.0488. The Morgan fingerprint density at radius 2 is 2.50 bits per heavy atom. The van der Waals surface area contributed by atoms with Crippen molar-refractivity contribution >= 4 is 6.03 Å². The van der Waals surface area contributed by atoms with Gasteiger partial charge in [0, 0.05) is 18.3 Å². The zero-order valence-electron chi connectivity index (χ0n) is 11.2. The molecule has 3 rings (SSSR count). The van der Waals surface area contributed by atoms with Crippen molar-refractivity contribution in [2.45, 2.75) is 31.8 Å². The van der Waals surface area contributed by atoms with Crippen molar-refractivity contribution in [3.63, 3.8) is 0 Å². The summed E-state index contributed by atoms with van der Waals surface area (Å²) in [6, 6.07) is 3.73. The molecule has 2 aromatic heterocycles. The summed E-state index contributed by atoms with van der Waals surface area (Å²) in [5.41, 5.74) is 1.07. The topological polar surface area (TPSA) is 74.2 Å². The second kappa shape index (κ2) is 5.81. The fourth-order valence-corrected chi connectivity index (χ4v) is 2.64. The number of aromatic nitrogens is 2. The van der Waals surface area contributed by atoms with Gasteiger partial charge in [-0.25, -0.2) is 4.79 Å². The van der Waals surface area contributed by atoms with Gasteiger partial charge < -0.3 is 14.6 Å². The van der Waals surface area contributed by atoms with Gasteiger partial charge in [0.05, 0.1) is 25.0 Å². The number of carbonyl (C=O) groups excluding carboxylic acids is 1. The van der Waals surface area contributed by atoms with E-state index in [9.17, 15) is 4.79 Å². The van der Waals surface area contributed by atoms with Gasteiger partial charge in [-0.2, -0.15) is 5.10 Å². The van der Waals surface area contributed by atoms with E-state index in [1.807, 2.05) is 23.2 Å². The number of piperidine rings is 1. The molecule has 6 nitrogen and oxygen atoms in total. The van der Waals surface area contributed by atoms with Gasteiger partial charge in [0.25, 0.3) is 0 Å². The van der Waals surface area contributed by atoms with Gasteiger partial charge in [-0.05, 0) is 31.4 Å². The first-order valence-corrected chi connectivity index (χ1v) is 6.90. The van der Waals surface area contributed by atoms with E-state index in [1.54, 1.807) is 12.5 Å². The van der Waals surface area contributed by atoms with E-state index < -0.39 is 0 Å². The maximum atomic E-state index is 12.3. The van der Waals surface area contributed by atoms with Crippen LogP contribution in [0.3, 0.4) is 0 Å². The molecule has 1 aliphatic heterocycles. The lowest BCUT2D eigenvalue weighted by molar-refractivity contribution is 0.150. The average molecular weight is 274 g/mol. The van der Waals surface area contributed by atoms with Crippen molar-refractivity contribution in [3.05, 3.63) is 42.1 Å². The Morgan fingerprint density at radius 1 is 1.55 bits per heavy atom. The molecule has 3 heterocycles. The van der Waals surface area contributed by atoms with Crippen LogP contribution >= 0.6 is 0 Å². The molecule has 0 radical (unpaired) electrons. The molecular weight excluding hydrogens is 256 g/mol. The van der Waals surface area contributed by atoms with E-state index in [-0.39, 0.29) is 12.1 Å². The number of aromatic amines is 1. The molecule has 0 saturated carbocycles. The standard InChI is InChI=1S/C14H18N4O2/c19-14(15-10-12-4-3-7-20-12)18-6-2-1-5-13(18)11-8-16-17-9-11/h3-4,7-9,13H,1-2,5-6,10H2,(H,15,19)(H,16,17)/t13-/m0/s1. The highest BCUT2D eigenvalue weighted by Crippen LogP contribution is 2.30. The SMILES string of the molecule is O=C(NCc1ccco1)N1CCCC[C@H]1c1cn[nH]c1. The normalized spacial score (nSPS) is 19.0. The predicted molar refractivity (Wildman–Crippen MR) is 72.8 cm³/mol. The fraction of sp³-hybridized carbons (Fsp3) is 0.429. The second-order valence-corrected chi connectivity index (χ2v) is 4.97. The van der Waals surface area contributed by atoms with Crippen LogP contribution in [0.4, 0.5) is 4.79 Å². The Morgan fingerprint density at radius 3 is 3.25 bits per heavy atom. The highest BCUT2D eigenvalue weighted by Gasteiger charge is 2.28. The molecule has 2 N–H and O–H groups in total. The van der Waals surface area contributed by atoms with Crippen LogP contribution in [0, 0.1) is 0 Å². The molecule has 20 heavy (non-hydrogen) atoms. The van der Waals surface area contributed by atoms with Crippen LogP contribution in [0.2, 0.25) is 0 Å². The van der Waals surface area contributed by atoms with E-state index in [0.29, 0.717) is 6.54 Å². The number of hydrogen-bond donors (Lipinski definition) is 2. The molecular formula is C14H18N4O2. The Labute approximate surface area is 117 Å². The third-order valence-corrected chi connectivity index (χ3v) is 3.66. The molecule has 0 unspecified atom stereocenters. The predicted octanol–water partition coefficient (Wildman–Crippen LogP) is 2.44. The van der Waals surface area contributed by atoms with Crippen molar-refractivity contribution in [3.8, 4) is 0 Å². The van der Waals surface area contributed by atoms with Crippen LogP contribution in [0.15, 0.2) is 35.2 Å². The summed E-state index contributed by atoms with van der Waals surface area (Å²) in [4.78, 5) is 14.2. The number of hydrogen-bond acceptors (Lipinski definition) is 3. The molecule has 6 heteroatoms. The van der Waals surface area contributed by atoms with E-state index in [4.69, 9.17) is 4.42 Å². The maximum absolute atomic E-state index is 12.3. The van der Waals surface area contributed by atoms with E-state index >= 15 is 0 Å². The Bertz CT molecular complexity index is 536. The first kappa shape index (κ1) is 12.8. The number of likely N-dealkylation sites (tertiary alicyclic amines) is 1. The van der Waals surface area contributed by atoms with Crippen LogP contribution in [-0.2, 0) is 6.54 Å². The average Bonchev–Trinajstić information content (AvgIpc) is 3.18. The lowest BCUT2D eigenvalue weighted by Crippen LogP contribution is -2.44. The molecule has 1 saturated heterocycles. The number of rotatable bonds is 3. The first-order chi connectivity index (χ1) is 9.84. The van der Waals surface area contributed by atoms with Crippen LogP contribution in [0.5, 0.6) is 0 Å². The number of amides is 2. The van der Waals surface area contributed by atoms with E-state index in [2.05, 4.69) is 15.5 Å². The number of urea groups is 1. The van der Waals surface area contributed by atoms with E-state index in [0.717, 1.165) is 37.1 Å². The number of carbonyl (C=O) groups is 1. The molecule has 0 aliphatic carbocycles. The van der Waals surface area contributed by atoms with Gasteiger partial charge in [-0.1, -0.05) is 0 Å². The molecule has 2 aromatic rings. The zero-order chi connectivity index (χ0) is 13.8.